The Morgan fingerprint density at radius 3 is 2.96 bits per heavy atom. The molecule has 7 heteroatoms. The number of hydrogen-bond donors (Lipinski definition) is 2. The van der Waals surface area contributed by atoms with Gasteiger partial charge < -0.3 is 15.2 Å². The maximum absolute atomic E-state index is 12.0. The minimum Gasteiger partial charge on any atom is -0.348 e. The Bertz CT molecular complexity index is 602. The molecule has 2 heterocycles. The molecule has 0 fully saturated rings. The van der Waals surface area contributed by atoms with Crippen LogP contribution in [0.3, 0.4) is 0 Å². The third-order valence-corrected chi connectivity index (χ3v) is 4.44. The zero-order valence-electron chi connectivity index (χ0n) is 13.6. The van der Waals surface area contributed by atoms with Crippen LogP contribution in [0.1, 0.15) is 17.1 Å². The van der Waals surface area contributed by atoms with Gasteiger partial charge in [0.05, 0.1) is 12.0 Å². The number of urea groups is 1. The number of nitrogens with one attached hydrogen (secondary N) is 2. The van der Waals surface area contributed by atoms with E-state index in [-0.39, 0.29) is 6.03 Å². The highest BCUT2D eigenvalue weighted by molar-refractivity contribution is 7.98. The minimum absolute atomic E-state index is 0.0440. The number of H-pyrrole nitrogens is 1. The highest BCUT2D eigenvalue weighted by atomic mass is 32.2. The molecule has 0 radical (unpaired) electrons. The molecule has 2 N–H and O–H groups in total. The molecule has 2 aromatic heterocycles. The second-order valence-corrected chi connectivity index (χ2v) is 6.36. The monoisotopic (exact) mass is 333 g/mol. The summed E-state index contributed by atoms with van der Waals surface area (Å²) in [6, 6.07) is 5.78. The molecule has 0 unspecified atom stereocenters. The first-order chi connectivity index (χ1) is 11.2. The lowest BCUT2D eigenvalue weighted by Crippen LogP contribution is -2.39. The average Bonchev–Trinajstić information content (AvgIpc) is 2.98. The van der Waals surface area contributed by atoms with Crippen molar-refractivity contribution in [3.8, 4) is 0 Å². The molecule has 0 aliphatic carbocycles. The molecule has 2 rings (SSSR count). The van der Waals surface area contributed by atoms with Crippen LogP contribution in [0, 0.1) is 6.92 Å². The number of hydrogen-bond acceptors (Lipinski definition) is 4. The molecule has 2 aromatic rings. The van der Waals surface area contributed by atoms with Gasteiger partial charge in [0.1, 0.15) is 0 Å². The Morgan fingerprint density at radius 1 is 1.39 bits per heavy atom. The van der Waals surface area contributed by atoms with E-state index in [4.69, 9.17) is 0 Å². The minimum atomic E-state index is -0.0440. The van der Waals surface area contributed by atoms with Crippen LogP contribution in [-0.2, 0) is 12.2 Å². The van der Waals surface area contributed by atoms with Gasteiger partial charge in [-0.25, -0.2) is 9.78 Å². The first-order valence-corrected chi connectivity index (χ1v) is 8.77. The topological polar surface area (TPSA) is 73.9 Å². The van der Waals surface area contributed by atoms with E-state index in [2.05, 4.69) is 20.3 Å². The summed E-state index contributed by atoms with van der Waals surface area (Å²) in [6.07, 6.45) is 4.25. The number of imidazole rings is 1. The van der Waals surface area contributed by atoms with E-state index in [0.29, 0.717) is 13.1 Å². The van der Waals surface area contributed by atoms with Gasteiger partial charge in [0.25, 0.3) is 0 Å². The summed E-state index contributed by atoms with van der Waals surface area (Å²) in [4.78, 5) is 25.2. The van der Waals surface area contributed by atoms with E-state index in [0.717, 1.165) is 35.0 Å². The van der Waals surface area contributed by atoms with E-state index >= 15 is 0 Å². The number of nitrogens with zero attached hydrogens (tertiary/aromatic N) is 3. The molecule has 0 saturated heterocycles. The van der Waals surface area contributed by atoms with Crippen LogP contribution >= 0.6 is 11.8 Å². The molecule has 0 aliphatic heterocycles. The molecular weight excluding hydrogens is 310 g/mol. The van der Waals surface area contributed by atoms with Crippen molar-refractivity contribution in [2.45, 2.75) is 19.1 Å². The standard InChI is InChI=1S/C16H23N5OS/c1-13-15(20-12-19-13)11-23-10-8-18-16(22)21(2)9-6-14-5-3-4-7-17-14/h3-5,7,12H,6,8-11H2,1-2H3,(H,18,22)(H,19,20). The van der Waals surface area contributed by atoms with E-state index in [1.807, 2.05) is 25.1 Å². The van der Waals surface area contributed by atoms with Crippen LogP contribution in [0.4, 0.5) is 4.79 Å². The summed E-state index contributed by atoms with van der Waals surface area (Å²) in [6.45, 7) is 3.32. The lowest BCUT2D eigenvalue weighted by atomic mass is 10.2. The third kappa shape index (κ3) is 5.94. The average molecular weight is 333 g/mol. The predicted octanol–water partition coefficient (Wildman–Crippen LogP) is 2.23. The van der Waals surface area contributed by atoms with Gasteiger partial charge in [0.2, 0.25) is 0 Å². The Balaban J connectivity index is 1.58. The van der Waals surface area contributed by atoms with Crippen molar-refractivity contribution < 1.29 is 4.79 Å². The predicted molar refractivity (Wildman–Crippen MR) is 93.5 cm³/mol. The fraction of sp³-hybridized carbons (Fsp3) is 0.438. The van der Waals surface area contributed by atoms with Crippen molar-refractivity contribution in [3.63, 3.8) is 0 Å². The van der Waals surface area contributed by atoms with Gasteiger partial charge in [0.15, 0.2) is 0 Å². The summed E-state index contributed by atoms with van der Waals surface area (Å²) >= 11 is 1.76. The van der Waals surface area contributed by atoms with Gasteiger partial charge in [-0.05, 0) is 19.1 Å². The van der Waals surface area contributed by atoms with E-state index < -0.39 is 0 Å². The first-order valence-electron chi connectivity index (χ1n) is 7.62. The highest BCUT2D eigenvalue weighted by Gasteiger charge is 2.08. The summed E-state index contributed by atoms with van der Waals surface area (Å²) in [5.74, 6) is 1.73. The smallest absolute Gasteiger partial charge is 0.317 e. The molecule has 0 atom stereocenters. The lowest BCUT2D eigenvalue weighted by molar-refractivity contribution is 0.210. The summed E-state index contributed by atoms with van der Waals surface area (Å²) in [5, 5.41) is 2.93. The molecule has 0 aliphatic rings. The number of aromatic amines is 1. The second kappa shape index (κ2) is 9.19. The van der Waals surface area contributed by atoms with E-state index in [1.54, 1.807) is 36.2 Å². The number of amides is 2. The first kappa shape index (κ1) is 17.3. The molecule has 0 aromatic carbocycles. The van der Waals surface area contributed by atoms with Crippen molar-refractivity contribution in [1.29, 1.82) is 0 Å². The number of likely N-dealkylation sites (N-methyl/N-ethyl adjacent to an activating group) is 1. The highest BCUT2D eigenvalue weighted by Crippen LogP contribution is 2.11. The maximum atomic E-state index is 12.0. The molecule has 2 amide bonds. The van der Waals surface area contributed by atoms with Crippen molar-refractivity contribution >= 4 is 17.8 Å². The molecule has 0 spiro atoms. The molecule has 23 heavy (non-hydrogen) atoms. The van der Waals surface area contributed by atoms with Crippen LogP contribution in [0.25, 0.3) is 0 Å². The Morgan fingerprint density at radius 2 is 2.26 bits per heavy atom. The van der Waals surface area contributed by atoms with Crippen molar-refractivity contribution in [2.24, 2.45) is 0 Å². The summed E-state index contributed by atoms with van der Waals surface area (Å²) in [7, 11) is 1.80. The Kier molecular flexibility index (Phi) is 6.93. The number of aryl methyl sites for hydroxylation is 1. The largest absolute Gasteiger partial charge is 0.348 e. The molecule has 0 bridgehead atoms. The lowest BCUT2D eigenvalue weighted by Gasteiger charge is -2.17. The van der Waals surface area contributed by atoms with Gasteiger partial charge in [-0.1, -0.05) is 6.07 Å². The normalized spacial score (nSPS) is 10.5. The number of pyridine rings is 1. The Hall–Kier alpha value is -2.02. The second-order valence-electron chi connectivity index (χ2n) is 5.25. The van der Waals surface area contributed by atoms with Crippen LogP contribution < -0.4 is 5.32 Å². The molecule has 124 valence electrons. The fourth-order valence-electron chi connectivity index (χ4n) is 2.00. The van der Waals surface area contributed by atoms with Gasteiger partial charge in [0, 0.05) is 55.6 Å². The zero-order valence-corrected chi connectivity index (χ0v) is 14.4. The molecule has 0 saturated carbocycles. The van der Waals surface area contributed by atoms with Gasteiger partial charge in [-0.15, -0.1) is 0 Å². The molecular formula is C16H23N5OS. The van der Waals surface area contributed by atoms with Gasteiger partial charge in [-0.2, -0.15) is 11.8 Å². The van der Waals surface area contributed by atoms with Crippen molar-refractivity contribution in [3.05, 3.63) is 47.8 Å². The van der Waals surface area contributed by atoms with Crippen LogP contribution in [-0.4, -0.2) is 51.8 Å². The number of thioether (sulfide) groups is 1. The van der Waals surface area contributed by atoms with Crippen molar-refractivity contribution in [1.82, 2.24) is 25.2 Å². The van der Waals surface area contributed by atoms with Crippen molar-refractivity contribution in [2.75, 3.05) is 25.9 Å². The van der Waals surface area contributed by atoms with Crippen LogP contribution in [0.5, 0.6) is 0 Å². The van der Waals surface area contributed by atoms with Crippen LogP contribution in [0.15, 0.2) is 30.7 Å². The summed E-state index contributed by atoms with van der Waals surface area (Å²) in [5.41, 5.74) is 3.18. The maximum Gasteiger partial charge on any atom is 0.317 e. The van der Waals surface area contributed by atoms with E-state index in [1.165, 1.54) is 0 Å². The third-order valence-electron chi connectivity index (χ3n) is 3.47. The van der Waals surface area contributed by atoms with Gasteiger partial charge in [-0.3, -0.25) is 4.98 Å². The van der Waals surface area contributed by atoms with Gasteiger partial charge >= 0.3 is 6.03 Å². The van der Waals surface area contributed by atoms with Crippen LogP contribution in [0.2, 0.25) is 0 Å². The fourth-order valence-corrected chi connectivity index (χ4v) is 2.87. The number of carbonyl (C=O) groups is 1. The number of carbonyl (C=O) groups excluding carboxylic acids is 1. The molecule has 6 nitrogen and oxygen atoms in total. The quantitative estimate of drug-likeness (QED) is 0.727. The SMILES string of the molecule is Cc1[nH]cnc1CSCCNC(=O)N(C)CCc1ccccn1. The Labute approximate surface area is 141 Å². The zero-order chi connectivity index (χ0) is 16.5. The number of rotatable bonds is 8. The summed E-state index contributed by atoms with van der Waals surface area (Å²) < 4.78 is 0. The van der Waals surface area contributed by atoms with E-state index in [9.17, 15) is 4.79 Å². The number of aromatic nitrogens is 3.